The number of nitrogens with two attached hydrogens (primary N) is 1. The highest BCUT2D eigenvalue weighted by molar-refractivity contribution is 5.88. The molecule has 0 aromatic carbocycles. The molecule has 1 saturated heterocycles. The van der Waals surface area contributed by atoms with E-state index in [4.69, 9.17) is 15.6 Å². The van der Waals surface area contributed by atoms with Crippen LogP contribution in [0.2, 0.25) is 0 Å². The van der Waals surface area contributed by atoms with Crippen molar-refractivity contribution >= 4 is 28.9 Å². The molecule has 1 fully saturated rings. The van der Waals surface area contributed by atoms with E-state index in [2.05, 4.69) is 15.0 Å². The fourth-order valence-corrected chi connectivity index (χ4v) is 3.43. The van der Waals surface area contributed by atoms with Crippen molar-refractivity contribution in [3.63, 3.8) is 0 Å². The van der Waals surface area contributed by atoms with E-state index in [0.717, 1.165) is 10.9 Å². The highest BCUT2D eigenvalue weighted by Crippen LogP contribution is 2.39. The molecule has 0 amide bonds. The number of nitrogens with zero attached hydrogens (tertiary/aromatic N) is 3. The molecule has 158 valence electrons. The van der Waals surface area contributed by atoms with E-state index in [-0.39, 0.29) is 42.8 Å². The molecule has 0 radical (unpaired) electrons. The van der Waals surface area contributed by atoms with E-state index < -0.39 is 48.0 Å². The van der Waals surface area contributed by atoms with Crippen LogP contribution in [0.15, 0.2) is 11.1 Å². The first kappa shape index (κ1) is 20.9. The SMILES string of the molecule is Nc1nc2c(ncn2[C@]2(C(=O)CCCCC(=O)O)O[C@H](CO)[C@@H](O)[C@H]2O)c(=O)[nH]1. The van der Waals surface area contributed by atoms with Gasteiger partial charge in [0.2, 0.25) is 11.7 Å². The van der Waals surface area contributed by atoms with Crippen LogP contribution in [0, 0.1) is 0 Å². The molecule has 0 saturated carbocycles. The number of carboxylic acid groups (broad SMARTS) is 1. The van der Waals surface area contributed by atoms with Gasteiger partial charge in [-0.05, 0) is 12.8 Å². The normalized spacial score (nSPS) is 26.8. The van der Waals surface area contributed by atoms with Crippen molar-refractivity contribution in [2.45, 2.75) is 49.7 Å². The first-order chi connectivity index (χ1) is 13.7. The number of nitrogen functional groups attached to an aromatic ring is 1. The lowest BCUT2D eigenvalue weighted by atomic mass is 9.94. The van der Waals surface area contributed by atoms with Crippen molar-refractivity contribution in [3.8, 4) is 0 Å². The Morgan fingerprint density at radius 3 is 2.62 bits per heavy atom. The summed E-state index contributed by atoms with van der Waals surface area (Å²) in [5.74, 6) is -1.98. The number of rotatable bonds is 8. The Labute approximate surface area is 162 Å². The summed E-state index contributed by atoms with van der Waals surface area (Å²) in [6.07, 6.45) is -3.63. The number of ether oxygens (including phenoxy) is 1. The van der Waals surface area contributed by atoms with Crippen molar-refractivity contribution in [1.29, 1.82) is 0 Å². The Morgan fingerprint density at radius 2 is 2.00 bits per heavy atom. The Hall–Kier alpha value is -2.87. The van der Waals surface area contributed by atoms with Crippen LogP contribution in [0.25, 0.3) is 11.2 Å². The van der Waals surface area contributed by atoms with Crippen LogP contribution >= 0.6 is 0 Å². The molecule has 1 aliphatic heterocycles. The summed E-state index contributed by atoms with van der Waals surface area (Å²) in [4.78, 5) is 45.9. The van der Waals surface area contributed by atoms with Crippen molar-refractivity contribution in [1.82, 2.24) is 19.5 Å². The Bertz CT molecular complexity index is 987. The minimum Gasteiger partial charge on any atom is -0.481 e. The van der Waals surface area contributed by atoms with E-state index in [9.17, 15) is 29.7 Å². The summed E-state index contributed by atoms with van der Waals surface area (Å²) < 4.78 is 6.62. The van der Waals surface area contributed by atoms with Gasteiger partial charge in [-0.25, -0.2) is 4.98 Å². The maximum Gasteiger partial charge on any atom is 0.303 e. The van der Waals surface area contributed by atoms with Crippen LogP contribution in [-0.2, 0) is 20.1 Å². The number of H-pyrrole nitrogens is 1. The number of nitrogens with one attached hydrogen (secondary N) is 1. The fraction of sp³-hybridized carbons (Fsp3) is 0.562. The van der Waals surface area contributed by atoms with Gasteiger partial charge in [0.05, 0.1) is 6.61 Å². The number of carboxylic acids is 1. The van der Waals surface area contributed by atoms with Gasteiger partial charge in [-0.15, -0.1) is 0 Å². The van der Waals surface area contributed by atoms with Gasteiger partial charge in [-0.1, -0.05) is 0 Å². The Morgan fingerprint density at radius 1 is 1.31 bits per heavy atom. The highest BCUT2D eigenvalue weighted by Gasteiger charge is 2.60. The van der Waals surface area contributed by atoms with Gasteiger partial charge in [-0.2, -0.15) is 4.98 Å². The van der Waals surface area contributed by atoms with E-state index in [1.807, 2.05) is 0 Å². The summed E-state index contributed by atoms with van der Waals surface area (Å²) in [5, 5.41) is 39.1. The van der Waals surface area contributed by atoms with Crippen LogP contribution in [0.5, 0.6) is 0 Å². The third kappa shape index (κ3) is 3.48. The zero-order valence-corrected chi connectivity index (χ0v) is 15.2. The van der Waals surface area contributed by atoms with Crippen molar-refractivity contribution in [3.05, 3.63) is 16.7 Å². The molecule has 13 nitrogen and oxygen atoms in total. The van der Waals surface area contributed by atoms with Gasteiger partial charge in [0.1, 0.15) is 24.6 Å². The molecule has 29 heavy (non-hydrogen) atoms. The number of aliphatic hydroxyl groups excluding tert-OH is 3. The number of carbonyl (C=O) groups is 2. The van der Waals surface area contributed by atoms with Gasteiger partial charge in [0.15, 0.2) is 16.9 Å². The zero-order valence-electron chi connectivity index (χ0n) is 15.2. The molecule has 0 spiro atoms. The lowest BCUT2D eigenvalue weighted by Gasteiger charge is -2.32. The van der Waals surface area contributed by atoms with E-state index in [0.29, 0.717) is 0 Å². The summed E-state index contributed by atoms with van der Waals surface area (Å²) >= 11 is 0. The fourth-order valence-electron chi connectivity index (χ4n) is 3.43. The number of fused-ring (bicyclic) bond motifs is 1. The minimum absolute atomic E-state index is 0.146. The maximum absolute atomic E-state index is 13.1. The molecule has 0 aliphatic carbocycles. The number of aliphatic carboxylic acids is 1. The second kappa shape index (κ2) is 7.87. The monoisotopic (exact) mass is 411 g/mol. The van der Waals surface area contributed by atoms with Gasteiger partial charge in [0, 0.05) is 12.8 Å². The zero-order chi connectivity index (χ0) is 21.3. The van der Waals surface area contributed by atoms with Crippen LogP contribution in [0.3, 0.4) is 0 Å². The average molecular weight is 411 g/mol. The number of hydrogen-bond donors (Lipinski definition) is 6. The smallest absolute Gasteiger partial charge is 0.303 e. The first-order valence-corrected chi connectivity index (χ1v) is 8.85. The van der Waals surface area contributed by atoms with E-state index in [1.54, 1.807) is 0 Å². The van der Waals surface area contributed by atoms with Gasteiger partial charge in [0.25, 0.3) is 5.56 Å². The predicted octanol–water partition coefficient (Wildman–Crippen LogP) is -2.32. The second-order valence-electron chi connectivity index (χ2n) is 6.73. The van der Waals surface area contributed by atoms with Crippen molar-refractivity contribution in [2.75, 3.05) is 12.3 Å². The predicted molar refractivity (Wildman–Crippen MR) is 95.6 cm³/mol. The largest absolute Gasteiger partial charge is 0.481 e. The molecule has 3 heterocycles. The average Bonchev–Trinajstić information content (AvgIpc) is 3.19. The number of imidazole rings is 1. The first-order valence-electron chi connectivity index (χ1n) is 8.85. The number of unbranched alkanes of at least 4 members (excludes halogenated alkanes) is 1. The lowest BCUT2D eigenvalue weighted by Crippen LogP contribution is -2.51. The van der Waals surface area contributed by atoms with Crippen LogP contribution in [0.4, 0.5) is 5.95 Å². The number of hydrogen-bond acceptors (Lipinski definition) is 10. The maximum atomic E-state index is 13.1. The molecule has 3 rings (SSSR count). The third-order valence-corrected chi connectivity index (χ3v) is 4.84. The summed E-state index contributed by atoms with van der Waals surface area (Å²) in [6.45, 7) is -0.685. The standard InChI is InChI=1S/C16H21N5O8/c17-15-19-13-10(14(28)20-15)18-6-21(13)16(8(23)3-1-2-4-9(24)25)12(27)11(26)7(5-22)29-16/h6-7,11-12,22,26-27H,1-5H2,(H,24,25)(H3,17,19,20,28)/t7-,11-,12-,16-/m1/s1. The van der Waals surface area contributed by atoms with Crippen molar-refractivity contribution < 1.29 is 34.8 Å². The number of ketones is 1. The van der Waals surface area contributed by atoms with Gasteiger partial charge >= 0.3 is 5.97 Å². The van der Waals surface area contributed by atoms with Gasteiger partial charge in [-0.3, -0.25) is 23.9 Å². The molecule has 13 heteroatoms. The molecule has 4 atom stereocenters. The number of aromatic nitrogens is 4. The molecule has 2 aromatic rings. The third-order valence-electron chi connectivity index (χ3n) is 4.84. The Kier molecular flexibility index (Phi) is 5.66. The molecule has 7 N–H and O–H groups in total. The van der Waals surface area contributed by atoms with Gasteiger partial charge < -0.3 is 30.9 Å². The highest BCUT2D eigenvalue weighted by atomic mass is 16.6. The number of Topliss-reactive ketones (excluding diaryl/α,β-unsaturated/α-hetero) is 1. The molecule has 2 aromatic heterocycles. The molecular weight excluding hydrogens is 390 g/mol. The number of aliphatic hydroxyl groups is 3. The van der Waals surface area contributed by atoms with Crippen LogP contribution in [-0.4, -0.2) is 76.6 Å². The summed E-state index contributed by atoms with van der Waals surface area (Å²) in [6, 6.07) is 0. The Balaban J connectivity index is 2.07. The molecule has 1 aliphatic rings. The van der Waals surface area contributed by atoms with E-state index >= 15 is 0 Å². The van der Waals surface area contributed by atoms with Crippen molar-refractivity contribution in [2.24, 2.45) is 0 Å². The number of aromatic amines is 1. The summed E-state index contributed by atoms with van der Waals surface area (Å²) in [7, 11) is 0. The lowest BCUT2D eigenvalue weighted by molar-refractivity contribution is -0.174. The molecule has 0 bridgehead atoms. The van der Waals surface area contributed by atoms with Crippen LogP contribution < -0.4 is 11.3 Å². The quantitative estimate of drug-likeness (QED) is 0.254. The van der Waals surface area contributed by atoms with E-state index in [1.165, 1.54) is 0 Å². The van der Waals surface area contributed by atoms with Crippen LogP contribution in [0.1, 0.15) is 25.7 Å². The number of anilines is 1. The molecular formula is C16H21N5O8. The molecule has 0 unspecified atom stereocenters. The minimum atomic E-state index is -2.22. The number of carbonyl (C=O) groups excluding carboxylic acids is 1. The topological polar surface area (TPSA) is 214 Å². The second-order valence-corrected chi connectivity index (χ2v) is 6.73. The summed E-state index contributed by atoms with van der Waals surface area (Å²) in [5.41, 5.74) is 2.34.